The molecule has 2 aliphatic heterocycles. The van der Waals surface area contributed by atoms with Crippen molar-refractivity contribution in [2.45, 2.75) is 12.1 Å². The first-order valence-corrected chi connectivity index (χ1v) is 2.93. The Morgan fingerprint density at radius 3 is 2.89 bits per heavy atom. The van der Waals surface area contributed by atoms with Gasteiger partial charge in [-0.05, 0) is 6.08 Å². The fourth-order valence-corrected chi connectivity index (χ4v) is 1.18. The minimum atomic E-state index is -0.681. The molecule has 0 aromatic heterocycles. The first-order chi connectivity index (χ1) is 4.29. The van der Waals surface area contributed by atoms with Crippen molar-refractivity contribution in [1.82, 2.24) is 5.06 Å². The first kappa shape index (κ1) is 5.14. The fraction of sp³-hybridized carbons (Fsp3) is 0.500. The maximum atomic E-state index is 10.9. The maximum absolute atomic E-state index is 10.9. The lowest BCUT2D eigenvalue weighted by Gasteiger charge is -1.91. The van der Waals surface area contributed by atoms with E-state index in [4.69, 9.17) is 4.84 Å². The van der Waals surface area contributed by atoms with E-state index >= 15 is 0 Å². The highest BCUT2D eigenvalue weighted by atomic mass is 16.9. The van der Waals surface area contributed by atoms with Crippen LogP contribution >= 0.6 is 0 Å². The second-order valence-corrected chi connectivity index (χ2v) is 2.27. The molecule has 0 amide bonds. The Kier molecular flexibility index (Phi) is 0.714. The molecule has 48 valence electrons. The van der Waals surface area contributed by atoms with E-state index in [1.54, 1.807) is 11.1 Å². The van der Waals surface area contributed by atoms with E-state index < -0.39 is 5.72 Å². The van der Waals surface area contributed by atoms with Crippen LogP contribution in [0.1, 0.15) is 6.42 Å². The van der Waals surface area contributed by atoms with Gasteiger partial charge in [0.1, 0.15) is 0 Å². The number of rotatable bonds is 1. The molecule has 0 aromatic rings. The van der Waals surface area contributed by atoms with Crippen LogP contribution in [0.25, 0.3) is 0 Å². The Hall–Kier alpha value is -0.670. The van der Waals surface area contributed by atoms with Gasteiger partial charge in [-0.1, -0.05) is 6.58 Å². The van der Waals surface area contributed by atoms with E-state index in [1.165, 1.54) is 0 Å². The number of hydrogen-bond donors (Lipinski definition) is 0. The number of ketones is 1. The zero-order chi connectivity index (χ0) is 6.48. The van der Waals surface area contributed by atoms with Crippen molar-refractivity contribution in [1.29, 1.82) is 0 Å². The zero-order valence-corrected chi connectivity index (χ0v) is 4.96. The average molecular weight is 125 g/mol. The summed E-state index contributed by atoms with van der Waals surface area (Å²) in [4.78, 5) is 15.9. The molecule has 2 unspecified atom stereocenters. The van der Waals surface area contributed by atoms with Gasteiger partial charge in [-0.25, -0.2) is 0 Å². The van der Waals surface area contributed by atoms with Gasteiger partial charge in [-0.2, -0.15) is 0 Å². The Balaban J connectivity index is 2.33. The molecule has 0 radical (unpaired) electrons. The number of hydrogen-bond acceptors (Lipinski definition) is 3. The highest BCUT2D eigenvalue weighted by Crippen LogP contribution is 2.42. The predicted octanol–water partition coefficient (Wildman–Crippen LogP) is 0.0887. The van der Waals surface area contributed by atoms with Crippen LogP contribution in [0.4, 0.5) is 0 Å². The van der Waals surface area contributed by atoms with Crippen LogP contribution in [0.5, 0.6) is 0 Å². The molecule has 0 spiro atoms. The van der Waals surface area contributed by atoms with E-state index in [-0.39, 0.29) is 5.78 Å². The quantitative estimate of drug-likeness (QED) is 0.367. The Morgan fingerprint density at radius 1 is 1.89 bits per heavy atom. The van der Waals surface area contributed by atoms with Gasteiger partial charge >= 0.3 is 0 Å². The molecule has 2 saturated heterocycles. The largest absolute Gasteiger partial charge is 0.294 e. The summed E-state index contributed by atoms with van der Waals surface area (Å²) in [5, 5.41) is 1.66. The van der Waals surface area contributed by atoms with Crippen molar-refractivity contribution in [3.63, 3.8) is 0 Å². The molecule has 2 rings (SSSR count). The highest BCUT2D eigenvalue weighted by molar-refractivity contribution is 5.92. The number of nitrogens with zero attached hydrogens (tertiary/aromatic N) is 1. The summed E-state index contributed by atoms with van der Waals surface area (Å²) >= 11 is 0. The van der Waals surface area contributed by atoms with Crippen LogP contribution in [-0.4, -0.2) is 23.1 Å². The van der Waals surface area contributed by atoms with Gasteiger partial charge in [0.2, 0.25) is 5.72 Å². The van der Waals surface area contributed by atoms with Gasteiger partial charge in [0, 0.05) is 13.0 Å². The fourth-order valence-electron chi connectivity index (χ4n) is 1.18. The van der Waals surface area contributed by atoms with E-state index in [1.807, 2.05) is 0 Å². The number of carbonyl (C=O) groups excluding carboxylic acids is 1. The molecule has 0 N–H and O–H groups in total. The van der Waals surface area contributed by atoms with Gasteiger partial charge in [0.15, 0.2) is 5.78 Å². The van der Waals surface area contributed by atoms with Crippen molar-refractivity contribution >= 4 is 5.78 Å². The van der Waals surface area contributed by atoms with E-state index in [2.05, 4.69) is 6.58 Å². The molecule has 2 atom stereocenters. The third-order valence-corrected chi connectivity index (χ3v) is 1.81. The molecular formula is C6H7NO2. The highest BCUT2D eigenvalue weighted by Gasteiger charge is 2.62. The molecule has 3 heteroatoms. The maximum Gasteiger partial charge on any atom is 0.241 e. The number of carbonyl (C=O) groups is 1. The Morgan fingerprint density at radius 2 is 2.67 bits per heavy atom. The van der Waals surface area contributed by atoms with Gasteiger partial charge in [-0.3, -0.25) is 9.63 Å². The minimum Gasteiger partial charge on any atom is -0.294 e. The molecule has 0 aromatic carbocycles. The third-order valence-electron chi connectivity index (χ3n) is 1.81. The first-order valence-electron chi connectivity index (χ1n) is 2.93. The molecule has 0 saturated carbocycles. The summed E-state index contributed by atoms with van der Waals surface area (Å²) in [5.41, 5.74) is -0.681. The number of fused-ring (bicyclic) bond motifs is 1. The van der Waals surface area contributed by atoms with E-state index in [9.17, 15) is 4.79 Å². The van der Waals surface area contributed by atoms with Crippen molar-refractivity contribution < 1.29 is 9.63 Å². The van der Waals surface area contributed by atoms with Crippen molar-refractivity contribution in [2.24, 2.45) is 0 Å². The summed E-state index contributed by atoms with van der Waals surface area (Å²) < 4.78 is 0. The van der Waals surface area contributed by atoms with Crippen molar-refractivity contribution in [3.8, 4) is 0 Å². The molecule has 0 aliphatic carbocycles. The molecule has 3 nitrogen and oxygen atoms in total. The second kappa shape index (κ2) is 1.25. The smallest absolute Gasteiger partial charge is 0.241 e. The molecular weight excluding hydrogens is 118 g/mol. The van der Waals surface area contributed by atoms with Gasteiger partial charge < -0.3 is 0 Å². The number of hydroxylamine groups is 2. The minimum absolute atomic E-state index is 0.137. The van der Waals surface area contributed by atoms with Crippen LogP contribution in [0.3, 0.4) is 0 Å². The lowest BCUT2D eigenvalue weighted by atomic mass is 10.2. The summed E-state index contributed by atoms with van der Waals surface area (Å²) in [6.45, 7) is 4.25. The van der Waals surface area contributed by atoms with Gasteiger partial charge in [0.25, 0.3) is 0 Å². The Bertz CT molecular complexity index is 189. The second-order valence-electron chi connectivity index (χ2n) is 2.27. The van der Waals surface area contributed by atoms with Crippen molar-refractivity contribution in [3.05, 3.63) is 12.7 Å². The monoisotopic (exact) mass is 125 g/mol. The normalized spacial score (nSPS) is 46.7. The van der Waals surface area contributed by atoms with Crippen LogP contribution in [0.15, 0.2) is 12.7 Å². The van der Waals surface area contributed by atoms with Crippen molar-refractivity contribution in [2.75, 3.05) is 6.54 Å². The lowest BCUT2D eigenvalue weighted by Crippen LogP contribution is -2.17. The molecule has 2 heterocycles. The van der Waals surface area contributed by atoms with Crippen LogP contribution in [0.2, 0.25) is 0 Å². The van der Waals surface area contributed by atoms with E-state index in [0.717, 1.165) is 6.54 Å². The molecule has 2 fully saturated rings. The molecule has 2 aliphatic rings. The topological polar surface area (TPSA) is 32.6 Å². The summed E-state index contributed by atoms with van der Waals surface area (Å²) in [5.74, 6) is 0.137. The lowest BCUT2D eigenvalue weighted by molar-refractivity contribution is -0.122. The zero-order valence-electron chi connectivity index (χ0n) is 4.96. The van der Waals surface area contributed by atoms with Gasteiger partial charge in [-0.15, -0.1) is 5.06 Å². The molecule has 0 bridgehead atoms. The van der Waals surface area contributed by atoms with Crippen LogP contribution < -0.4 is 0 Å². The Labute approximate surface area is 52.9 Å². The summed E-state index contributed by atoms with van der Waals surface area (Å²) in [6, 6.07) is 0. The van der Waals surface area contributed by atoms with Crippen LogP contribution in [-0.2, 0) is 9.63 Å². The summed E-state index contributed by atoms with van der Waals surface area (Å²) in [6.07, 6.45) is 2.16. The third kappa shape index (κ3) is 0.418. The van der Waals surface area contributed by atoms with Crippen LogP contribution in [0, 0.1) is 0 Å². The van der Waals surface area contributed by atoms with E-state index in [0.29, 0.717) is 6.42 Å². The SMILES string of the molecule is C=CC12ON1CCC2=O. The van der Waals surface area contributed by atoms with Gasteiger partial charge in [0.05, 0.1) is 0 Å². The molecule has 9 heavy (non-hydrogen) atoms. The predicted molar refractivity (Wildman–Crippen MR) is 30.3 cm³/mol. The summed E-state index contributed by atoms with van der Waals surface area (Å²) in [7, 11) is 0. The average Bonchev–Trinajstić information content (AvgIpc) is 2.52. The standard InChI is InChI=1S/C6H7NO2/c1-2-6-5(8)3-4-7(6)9-6/h2H,1,3-4H2. The number of Topliss-reactive ketones (excluding diaryl/α,β-unsaturated/α-hetero) is 1.